The average Bonchev–Trinajstić information content (AvgIpc) is 3.06. The minimum absolute atomic E-state index is 0.701. The van der Waals surface area contributed by atoms with E-state index in [0.717, 1.165) is 47.1 Å². The van der Waals surface area contributed by atoms with Crippen LogP contribution in [0.1, 0.15) is 25.2 Å². The number of piperidine rings is 1. The Morgan fingerprint density at radius 1 is 1.53 bits per heavy atom. The van der Waals surface area contributed by atoms with Crippen molar-refractivity contribution in [2.75, 3.05) is 13.1 Å². The lowest BCUT2D eigenvalue weighted by molar-refractivity contribution is 0.327. The third-order valence-corrected chi connectivity index (χ3v) is 5.11. The molecule has 2 aromatic heterocycles. The van der Waals surface area contributed by atoms with Crippen molar-refractivity contribution in [1.82, 2.24) is 15.5 Å². The van der Waals surface area contributed by atoms with E-state index in [1.807, 2.05) is 11.4 Å². The van der Waals surface area contributed by atoms with Crippen molar-refractivity contribution >= 4 is 27.3 Å². The molecule has 6 heteroatoms. The van der Waals surface area contributed by atoms with E-state index in [4.69, 9.17) is 4.52 Å². The summed E-state index contributed by atoms with van der Waals surface area (Å²) in [6, 6.07) is 2.02. The zero-order valence-corrected chi connectivity index (χ0v) is 13.0. The minimum Gasteiger partial charge on any atom is -0.339 e. The molecule has 0 aliphatic carbocycles. The standard InChI is InChI=1S/C13H16BrN3OS/c14-10-6-11(19-8-10)13-16-12(18-17-13)4-3-9-2-1-5-15-7-9/h6,8-9,15H,1-5,7H2. The van der Waals surface area contributed by atoms with E-state index in [-0.39, 0.29) is 0 Å². The average molecular weight is 342 g/mol. The van der Waals surface area contributed by atoms with Gasteiger partial charge in [0.2, 0.25) is 11.7 Å². The van der Waals surface area contributed by atoms with Crippen LogP contribution in [0.25, 0.3) is 10.7 Å². The molecule has 1 atom stereocenters. The van der Waals surface area contributed by atoms with Gasteiger partial charge in [-0.25, -0.2) is 0 Å². The molecule has 0 spiro atoms. The van der Waals surface area contributed by atoms with Gasteiger partial charge in [-0.15, -0.1) is 11.3 Å². The topological polar surface area (TPSA) is 51.0 Å². The molecule has 1 fully saturated rings. The third-order valence-electron chi connectivity index (χ3n) is 3.42. The molecule has 0 bridgehead atoms. The van der Waals surface area contributed by atoms with Gasteiger partial charge in [-0.1, -0.05) is 5.16 Å². The predicted molar refractivity (Wildman–Crippen MR) is 79.2 cm³/mol. The number of hydrogen-bond acceptors (Lipinski definition) is 5. The molecule has 0 saturated carbocycles. The number of aromatic nitrogens is 2. The van der Waals surface area contributed by atoms with Gasteiger partial charge < -0.3 is 9.84 Å². The highest BCUT2D eigenvalue weighted by molar-refractivity contribution is 9.10. The smallest absolute Gasteiger partial charge is 0.226 e. The summed E-state index contributed by atoms with van der Waals surface area (Å²) >= 11 is 5.06. The first-order valence-corrected chi connectivity index (χ1v) is 8.26. The normalized spacial score (nSPS) is 19.7. The second-order valence-electron chi connectivity index (χ2n) is 4.89. The van der Waals surface area contributed by atoms with Crippen LogP contribution in [0.4, 0.5) is 0 Å². The fourth-order valence-corrected chi connectivity index (χ4v) is 3.74. The summed E-state index contributed by atoms with van der Waals surface area (Å²) in [4.78, 5) is 5.51. The Hall–Kier alpha value is -0.720. The van der Waals surface area contributed by atoms with Crippen LogP contribution >= 0.6 is 27.3 Å². The quantitative estimate of drug-likeness (QED) is 0.924. The first kappa shape index (κ1) is 13.3. The van der Waals surface area contributed by atoms with Crippen LogP contribution in [-0.4, -0.2) is 23.2 Å². The van der Waals surface area contributed by atoms with Crippen molar-refractivity contribution in [1.29, 1.82) is 0 Å². The summed E-state index contributed by atoms with van der Waals surface area (Å²) in [5.41, 5.74) is 0. The number of nitrogens with zero attached hydrogens (tertiary/aromatic N) is 2. The van der Waals surface area contributed by atoms with E-state index in [1.54, 1.807) is 11.3 Å². The Bertz CT molecular complexity index is 533. The summed E-state index contributed by atoms with van der Waals surface area (Å²) in [5.74, 6) is 2.21. The number of halogens is 1. The lowest BCUT2D eigenvalue weighted by Gasteiger charge is -2.21. The highest BCUT2D eigenvalue weighted by Gasteiger charge is 2.15. The second-order valence-corrected chi connectivity index (χ2v) is 6.72. The minimum atomic E-state index is 0.701. The zero-order valence-electron chi connectivity index (χ0n) is 10.6. The van der Waals surface area contributed by atoms with Crippen LogP contribution < -0.4 is 5.32 Å². The third kappa shape index (κ3) is 3.43. The predicted octanol–water partition coefficient (Wildman–Crippen LogP) is 3.49. The molecule has 102 valence electrons. The molecule has 2 aromatic rings. The lowest BCUT2D eigenvalue weighted by atomic mass is 9.95. The van der Waals surface area contributed by atoms with E-state index in [0.29, 0.717) is 5.82 Å². The number of hydrogen-bond donors (Lipinski definition) is 1. The van der Waals surface area contributed by atoms with Gasteiger partial charge in [0.1, 0.15) is 0 Å². The van der Waals surface area contributed by atoms with Crippen molar-refractivity contribution < 1.29 is 4.52 Å². The van der Waals surface area contributed by atoms with Crippen LogP contribution in [0.5, 0.6) is 0 Å². The van der Waals surface area contributed by atoms with Crippen LogP contribution in [0.2, 0.25) is 0 Å². The molecule has 0 radical (unpaired) electrons. The molecular weight excluding hydrogens is 326 g/mol. The van der Waals surface area contributed by atoms with Crippen molar-refractivity contribution in [2.45, 2.75) is 25.7 Å². The van der Waals surface area contributed by atoms with Gasteiger partial charge >= 0.3 is 0 Å². The fourth-order valence-electron chi connectivity index (χ4n) is 2.38. The highest BCUT2D eigenvalue weighted by atomic mass is 79.9. The van der Waals surface area contributed by atoms with Crippen molar-refractivity contribution in [2.24, 2.45) is 5.92 Å². The first-order chi connectivity index (χ1) is 9.31. The zero-order chi connectivity index (χ0) is 13.1. The molecule has 3 heterocycles. The molecule has 1 unspecified atom stereocenters. The Morgan fingerprint density at radius 2 is 2.47 bits per heavy atom. The van der Waals surface area contributed by atoms with E-state index >= 15 is 0 Å². The van der Waals surface area contributed by atoms with Crippen LogP contribution in [-0.2, 0) is 6.42 Å². The Kier molecular flexibility index (Phi) is 4.30. The van der Waals surface area contributed by atoms with Gasteiger partial charge in [-0.3, -0.25) is 0 Å². The summed E-state index contributed by atoms with van der Waals surface area (Å²) < 4.78 is 6.39. The largest absolute Gasteiger partial charge is 0.339 e. The van der Waals surface area contributed by atoms with Crippen molar-refractivity contribution in [3.05, 3.63) is 21.8 Å². The fraction of sp³-hybridized carbons (Fsp3) is 0.538. The molecule has 1 N–H and O–H groups in total. The number of aryl methyl sites for hydroxylation is 1. The highest BCUT2D eigenvalue weighted by Crippen LogP contribution is 2.28. The molecule has 3 rings (SSSR count). The van der Waals surface area contributed by atoms with E-state index in [1.165, 1.54) is 12.8 Å². The maximum absolute atomic E-state index is 5.33. The van der Waals surface area contributed by atoms with E-state index < -0.39 is 0 Å². The SMILES string of the molecule is Brc1csc(-c2noc(CCC3CCCNC3)n2)c1. The van der Waals surface area contributed by atoms with E-state index in [2.05, 4.69) is 31.4 Å². The first-order valence-electron chi connectivity index (χ1n) is 6.59. The number of nitrogens with one attached hydrogen (secondary N) is 1. The monoisotopic (exact) mass is 341 g/mol. The molecule has 4 nitrogen and oxygen atoms in total. The molecule has 0 aromatic carbocycles. The van der Waals surface area contributed by atoms with Crippen LogP contribution in [0, 0.1) is 5.92 Å². The number of rotatable bonds is 4. The van der Waals surface area contributed by atoms with E-state index in [9.17, 15) is 0 Å². The van der Waals surface area contributed by atoms with Gasteiger partial charge in [0.25, 0.3) is 0 Å². The molecule has 19 heavy (non-hydrogen) atoms. The maximum Gasteiger partial charge on any atom is 0.226 e. The summed E-state index contributed by atoms with van der Waals surface area (Å²) in [7, 11) is 0. The maximum atomic E-state index is 5.33. The summed E-state index contributed by atoms with van der Waals surface area (Å²) in [5, 5.41) is 9.51. The lowest BCUT2D eigenvalue weighted by Crippen LogP contribution is -2.29. The second kappa shape index (κ2) is 6.15. The molecule has 1 aliphatic heterocycles. The summed E-state index contributed by atoms with van der Waals surface area (Å²) in [6.07, 6.45) is 4.60. The van der Waals surface area contributed by atoms with Gasteiger partial charge in [-0.2, -0.15) is 4.98 Å². The number of thiophene rings is 1. The van der Waals surface area contributed by atoms with Gasteiger partial charge in [0.15, 0.2) is 0 Å². The Morgan fingerprint density at radius 3 is 3.21 bits per heavy atom. The van der Waals surface area contributed by atoms with Crippen molar-refractivity contribution in [3.8, 4) is 10.7 Å². The van der Waals surface area contributed by atoms with Gasteiger partial charge in [0.05, 0.1) is 4.88 Å². The van der Waals surface area contributed by atoms with Crippen LogP contribution in [0.3, 0.4) is 0 Å². The van der Waals surface area contributed by atoms with Gasteiger partial charge in [-0.05, 0) is 60.3 Å². The molecule has 1 aliphatic rings. The van der Waals surface area contributed by atoms with Crippen molar-refractivity contribution in [3.63, 3.8) is 0 Å². The molecular formula is C13H16BrN3OS. The van der Waals surface area contributed by atoms with Crippen LogP contribution in [0.15, 0.2) is 20.4 Å². The Balaban J connectivity index is 1.58. The van der Waals surface area contributed by atoms with Gasteiger partial charge in [0, 0.05) is 16.3 Å². The summed E-state index contributed by atoms with van der Waals surface area (Å²) in [6.45, 7) is 2.29. The molecule has 0 amide bonds. The molecule has 1 saturated heterocycles. The Labute approximate surface area is 124 Å².